The molecule has 0 bridgehead atoms. The molecule has 0 aromatic carbocycles. The summed E-state index contributed by atoms with van der Waals surface area (Å²) in [5.41, 5.74) is 6.44. The Labute approximate surface area is 77.4 Å². The molecule has 1 aromatic rings. The van der Waals surface area contributed by atoms with Crippen molar-refractivity contribution in [1.29, 1.82) is 0 Å². The normalized spacial score (nSPS) is 10.0. The lowest BCUT2D eigenvalue weighted by Gasteiger charge is -2.04. The Morgan fingerprint density at radius 1 is 1.54 bits per heavy atom. The van der Waals surface area contributed by atoms with Crippen molar-refractivity contribution in [2.24, 2.45) is 5.73 Å². The maximum atomic E-state index is 8.52. The van der Waals surface area contributed by atoms with E-state index in [2.05, 4.69) is 4.98 Å². The average Bonchev–Trinajstić information content (AvgIpc) is 2.19. The number of aromatic nitrogens is 1. The number of pyridine rings is 1. The van der Waals surface area contributed by atoms with Gasteiger partial charge in [-0.2, -0.15) is 0 Å². The van der Waals surface area contributed by atoms with Gasteiger partial charge in [-0.1, -0.05) is 0 Å². The molecule has 0 amide bonds. The van der Waals surface area contributed by atoms with E-state index in [-0.39, 0.29) is 6.61 Å². The molecule has 0 fully saturated rings. The highest BCUT2D eigenvalue weighted by Crippen LogP contribution is 2.08. The Hall–Kier alpha value is -1.13. The number of rotatable bonds is 5. The maximum absolute atomic E-state index is 8.52. The van der Waals surface area contributed by atoms with Gasteiger partial charge in [-0.25, -0.2) is 4.98 Å². The molecule has 0 aliphatic carbocycles. The average molecular weight is 182 g/mol. The van der Waals surface area contributed by atoms with Crippen molar-refractivity contribution in [2.75, 3.05) is 13.2 Å². The van der Waals surface area contributed by atoms with Gasteiger partial charge in [-0.3, -0.25) is 0 Å². The minimum Gasteiger partial charge on any atom is -0.478 e. The highest BCUT2D eigenvalue weighted by atomic mass is 16.5. The maximum Gasteiger partial charge on any atom is 0.213 e. The van der Waals surface area contributed by atoms with Gasteiger partial charge in [0, 0.05) is 31.8 Å². The number of hydrogen-bond acceptors (Lipinski definition) is 4. The first-order chi connectivity index (χ1) is 6.36. The lowest BCUT2D eigenvalue weighted by Crippen LogP contribution is -2.02. The lowest BCUT2D eigenvalue weighted by atomic mass is 10.3. The Morgan fingerprint density at radius 3 is 3.08 bits per heavy atom. The fourth-order valence-corrected chi connectivity index (χ4v) is 0.898. The smallest absolute Gasteiger partial charge is 0.213 e. The summed E-state index contributed by atoms with van der Waals surface area (Å²) in [5, 5.41) is 8.52. The third-order valence-corrected chi connectivity index (χ3v) is 1.59. The van der Waals surface area contributed by atoms with Crippen molar-refractivity contribution in [3.05, 3.63) is 23.9 Å². The van der Waals surface area contributed by atoms with E-state index in [0.717, 1.165) is 5.56 Å². The van der Waals surface area contributed by atoms with E-state index < -0.39 is 0 Å². The summed E-state index contributed by atoms with van der Waals surface area (Å²) in [4.78, 5) is 4.00. The number of nitrogens with zero attached hydrogens (tertiary/aromatic N) is 1. The molecule has 3 N–H and O–H groups in total. The van der Waals surface area contributed by atoms with E-state index in [1.54, 1.807) is 12.3 Å². The quantitative estimate of drug-likeness (QED) is 0.643. The van der Waals surface area contributed by atoms with Crippen LogP contribution >= 0.6 is 0 Å². The molecule has 4 heteroatoms. The van der Waals surface area contributed by atoms with Crippen LogP contribution in [0.5, 0.6) is 5.88 Å². The van der Waals surface area contributed by atoms with Crippen LogP contribution in [0.1, 0.15) is 12.0 Å². The fraction of sp³-hybridized carbons (Fsp3) is 0.444. The van der Waals surface area contributed by atoms with E-state index in [1.807, 2.05) is 6.07 Å². The van der Waals surface area contributed by atoms with E-state index >= 15 is 0 Å². The van der Waals surface area contributed by atoms with Crippen LogP contribution in [0.4, 0.5) is 0 Å². The van der Waals surface area contributed by atoms with Gasteiger partial charge in [0.2, 0.25) is 5.88 Å². The van der Waals surface area contributed by atoms with Crippen molar-refractivity contribution in [3.63, 3.8) is 0 Å². The second-order valence-electron chi connectivity index (χ2n) is 2.63. The van der Waals surface area contributed by atoms with Crippen LogP contribution in [0.25, 0.3) is 0 Å². The fourth-order valence-electron chi connectivity index (χ4n) is 0.898. The standard InChI is InChI=1S/C9H14N2O2/c10-7-8-2-3-11-9(6-8)13-5-1-4-12/h2-3,6,12H,1,4-5,7,10H2. The molecule has 1 heterocycles. The molecule has 0 saturated carbocycles. The highest BCUT2D eigenvalue weighted by molar-refractivity contribution is 5.19. The van der Waals surface area contributed by atoms with Crippen LogP contribution in [-0.4, -0.2) is 23.3 Å². The zero-order valence-corrected chi connectivity index (χ0v) is 7.44. The van der Waals surface area contributed by atoms with Crippen LogP contribution < -0.4 is 10.5 Å². The number of aliphatic hydroxyl groups is 1. The van der Waals surface area contributed by atoms with E-state index in [9.17, 15) is 0 Å². The Bertz CT molecular complexity index is 253. The predicted octanol–water partition coefficient (Wildman–Crippen LogP) is 0.301. The largest absolute Gasteiger partial charge is 0.478 e. The van der Waals surface area contributed by atoms with E-state index in [0.29, 0.717) is 25.5 Å². The van der Waals surface area contributed by atoms with E-state index in [4.69, 9.17) is 15.6 Å². The predicted molar refractivity (Wildman–Crippen MR) is 49.3 cm³/mol. The summed E-state index contributed by atoms with van der Waals surface area (Å²) in [6, 6.07) is 3.65. The van der Waals surface area contributed by atoms with Gasteiger partial charge in [0.1, 0.15) is 0 Å². The highest BCUT2D eigenvalue weighted by Gasteiger charge is 1.96. The first-order valence-corrected chi connectivity index (χ1v) is 4.25. The van der Waals surface area contributed by atoms with Crippen LogP contribution in [-0.2, 0) is 6.54 Å². The van der Waals surface area contributed by atoms with Crippen molar-refractivity contribution < 1.29 is 9.84 Å². The summed E-state index contributed by atoms with van der Waals surface area (Å²) in [5.74, 6) is 0.566. The Balaban J connectivity index is 2.46. The molecular weight excluding hydrogens is 168 g/mol. The number of nitrogens with two attached hydrogens (primary N) is 1. The first-order valence-electron chi connectivity index (χ1n) is 4.25. The van der Waals surface area contributed by atoms with Crippen LogP contribution in [0.15, 0.2) is 18.3 Å². The van der Waals surface area contributed by atoms with Crippen LogP contribution in [0, 0.1) is 0 Å². The summed E-state index contributed by atoms with van der Waals surface area (Å²) >= 11 is 0. The lowest BCUT2D eigenvalue weighted by molar-refractivity contribution is 0.229. The zero-order chi connectivity index (χ0) is 9.52. The molecule has 4 nitrogen and oxygen atoms in total. The van der Waals surface area contributed by atoms with Gasteiger partial charge in [0.15, 0.2) is 0 Å². The molecule has 0 saturated heterocycles. The SMILES string of the molecule is NCc1ccnc(OCCCO)c1. The Morgan fingerprint density at radius 2 is 2.38 bits per heavy atom. The van der Waals surface area contributed by atoms with Crippen LogP contribution in [0.3, 0.4) is 0 Å². The molecule has 13 heavy (non-hydrogen) atoms. The third kappa shape index (κ3) is 3.40. The van der Waals surface area contributed by atoms with Gasteiger partial charge in [0.05, 0.1) is 6.61 Å². The molecule has 0 aliphatic heterocycles. The molecule has 0 aliphatic rings. The minimum absolute atomic E-state index is 0.135. The second-order valence-corrected chi connectivity index (χ2v) is 2.63. The molecule has 0 unspecified atom stereocenters. The van der Waals surface area contributed by atoms with E-state index in [1.165, 1.54) is 0 Å². The van der Waals surface area contributed by atoms with Gasteiger partial charge in [-0.15, -0.1) is 0 Å². The molecular formula is C9H14N2O2. The summed E-state index contributed by atoms with van der Waals surface area (Å²) in [6.45, 7) is 1.10. The number of hydrogen-bond donors (Lipinski definition) is 2. The molecule has 0 atom stereocenters. The molecule has 1 rings (SSSR count). The number of aliphatic hydroxyl groups excluding tert-OH is 1. The molecule has 0 radical (unpaired) electrons. The van der Waals surface area contributed by atoms with Crippen molar-refractivity contribution in [1.82, 2.24) is 4.98 Å². The van der Waals surface area contributed by atoms with Crippen molar-refractivity contribution in [2.45, 2.75) is 13.0 Å². The van der Waals surface area contributed by atoms with Gasteiger partial charge >= 0.3 is 0 Å². The molecule has 0 spiro atoms. The first kappa shape index (κ1) is 9.95. The molecule has 72 valence electrons. The van der Waals surface area contributed by atoms with Gasteiger partial charge in [0.25, 0.3) is 0 Å². The zero-order valence-electron chi connectivity index (χ0n) is 7.44. The summed E-state index contributed by atoms with van der Waals surface area (Å²) in [6.07, 6.45) is 2.28. The number of ether oxygens (including phenoxy) is 1. The molecule has 1 aromatic heterocycles. The van der Waals surface area contributed by atoms with Crippen molar-refractivity contribution >= 4 is 0 Å². The van der Waals surface area contributed by atoms with Gasteiger partial charge < -0.3 is 15.6 Å². The monoisotopic (exact) mass is 182 g/mol. The van der Waals surface area contributed by atoms with Crippen LogP contribution in [0.2, 0.25) is 0 Å². The van der Waals surface area contributed by atoms with Crippen molar-refractivity contribution in [3.8, 4) is 5.88 Å². The summed E-state index contributed by atoms with van der Waals surface area (Å²) in [7, 11) is 0. The topological polar surface area (TPSA) is 68.4 Å². The minimum atomic E-state index is 0.135. The Kier molecular flexibility index (Phi) is 4.21. The summed E-state index contributed by atoms with van der Waals surface area (Å²) < 4.78 is 5.26. The van der Waals surface area contributed by atoms with Gasteiger partial charge in [-0.05, 0) is 11.6 Å². The third-order valence-electron chi connectivity index (χ3n) is 1.59. The second kappa shape index (κ2) is 5.50.